The van der Waals surface area contributed by atoms with Crippen LogP contribution in [0, 0.1) is 6.92 Å². The van der Waals surface area contributed by atoms with Gasteiger partial charge in [0, 0.05) is 11.8 Å². The number of hydrogen-bond donors (Lipinski definition) is 2. The summed E-state index contributed by atoms with van der Waals surface area (Å²) in [4.78, 5) is 26.7. The molecule has 2 N–H and O–H groups in total. The van der Waals surface area contributed by atoms with E-state index in [1.807, 2.05) is 91.0 Å². The van der Waals surface area contributed by atoms with Gasteiger partial charge in [-0.1, -0.05) is 91.0 Å². The number of aryl methyl sites for hydroxylation is 1. The van der Waals surface area contributed by atoms with Gasteiger partial charge in [-0.2, -0.15) is 8.42 Å². The Balaban J connectivity index is 1.57. The lowest BCUT2D eigenvalue weighted by atomic mass is 9.80. The number of benzene rings is 3. The summed E-state index contributed by atoms with van der Waals surface area (Å²) in [5.41, 5.74) is 0.248. The SMILES string of the molecule is Cc1cn([C@H]2CO[C@@H](COC(c3ccccc3)(c3ccccc3)c3ccccc3)[C@@H]2OS(=O)(=O)O)c(=O)[nH]c1=O. The number of hydrogen-bond acceptors (Lipinski definition) is 7. The second-order valence-corrected chi connectivity index (χ2v) is 10.5. The van der Waals surface area contributed by atoms with E-state index in [0.29, 0.717) is 0 Å². The number of ether oxygens (including phenoxy) is 2. The van der Waals surface area contributed by atoms with Crippen LogP contribution in [-0.2, 0) is 29.7 Å². The number of aromatic amines is 1. The van der Waals surface area contributed by atoms with Crippen LogP contribution in [0.5, 0.6) is 0 Å². The van der Waals surface area contributed by atoms with Crippen LogP contribution in [0.2, 0.25) is 0 Å². The highest BCUT2D eigenvalue weighted by Crippen LogP contribution is 2.41. The Morgan fingerprint density at radius 3 is 1.90 bits per heavy atom. The molecule has 1 saturated heterocycles. The molecule has 40 heavy (non-hydrogen) atoms. The number of rotatable bonds is 9. The normalized spacial score (nSPS) is 19.5. The van der Waals surface area contributed by atoms with Crippen LogP contribution in [0.3, 0.4) is 0 Å². The molecule has 1 aromatic heterocycles. The lowest BCUT2D eigenvalue weighted by molar-refractivity contribution is -0.0665. The average molecular weight is 565 g/mol. The molecule has 3 aromatic carbocycles. The number of nitrogens with zero attached hydrogens (tertiary/aromatic N) is 1. The molecular weight excluding hydrogens is 536 g/mol. The molecule has 0 saturated carbocycles. The molecule has 0 aliphatic carbocycles. The molecule has 5 rings (SSSR count). The number of aromatic nitrogens is 2. The number of H-pyrrole nitrogens is 1. The largest absolute Gasteiger partial charge is 0.397 e. The van der Waals surface area contributed by atoms with Crippen LogP contribution in [0.25, 0.3) is 0 Å². The Morgan fingerprint density at radius 2 is 1.43 bits per heavy atom. The fourth-order valence-electron chi connectivity index (χ4n) is 5.12. The molecule has 0 unspecified atom stereocenters. The fraction of sp³-hybridized carbons (Fsp3) is 0.241. The monoisotopic (exact) mass is 564 g/mol. The van der Waals surface area contributed by atoms with E-state index >= 15 is 0 Å². The summed E-state index contributed by atoms with van der Waals surface area (Å²) in [5, 5.41) is 0. The zero-order valence-corrected chi connectivity index (χ0v) is 22.4. The third-order valence-electron chi connectivity index (χ3n) is 6.97. The van der Waals surface area contributed by atoms with Gasteiger partial charge in [-0.25, -0.2) is 8.98 Å². The molecule has 0 radical (unpaired) electrons. The van der Waals surface area contributed by atoms with Crippen LogP contribution in [0.4, 0.5) is 0 Å². The second kappa shape index (κ2) is 11.3. The highest BCUT2D eigenvalue weighted by Gasteiger charge is 2.45. The first-order valence-electron chi connectivity index (χ1n) is 12.6. The van der Waals surface area contributed by atoms with Gasteiger partial charge in [0.1, 0.15) is 17.8 Å². The Kier molecular flexibility index (Phi) is 7.83. The molecule has 4 aromatic rings. The van der Waals surface area contributed by atoms with Crippen LogP contribution in [0.1, 0.15) is 28.3 Å². The molecule has 3 atom stereocenters. The maximum atomic E-state index is 12.6. The second-order valence-electron chi connectivity index (χ2n) is 9.50. The van der Waals surface area contributed by atoms with Crippen molar-refractivity contribution in [3.05, 3.63) is 140 Å². The highest BCUT2D eigenvalue weighted by molar-refractivity contribution is 7.80. The molecule has 0 amide bonds. The van der Waals surface area contributed by atoms with E-state index in [4.69, 9.17) is 13.7 Å². The molecule has 1 aliphatic rings. The summed E-state index contributed by atoms with van der Waals surface area (Å²) < 4.78 is 52.2. The van der Waals surface area contributed by atoms with Gasteiger partial charge in [0.25, 0.3) is 5.56 Å². The molecule has 1 aliphatic heterocycles. The van der Waals surface area contributed by atoms with Crippen molar-refractivity contribution in [3.8, 4) is 0 Å². The van der Waals surface area contributed by atoms with Gasteiger partial charge in [0.2, 0.25) is 0 Å². The minimum absolute atomic E-state index is 0.130. The first-order valence-corrected chi connectivity index (χ1v) is 14.0. The quantitative estimate of drug-likeness (QED) is 0.234. The van der Waals surface area contributed by atoms with Crippen molar-refractivity contribution < 1.29 is 26.6 Å². The summed E-state index contributed by atoms with van der Waals surface area (Å²) in [7, 11) is -4.95. The van der Waals surface area contributed by atoms with E-state index in [1.165, 1.54) is 13.1 Å². The van der Waals surface area contributed by atoms with E-state index in [-0.39, 0.29) is 18.8 Å². The summed E-state index contributed by atoms with van der Waals surface area (Å²) in [6.07, 6.45) is -1.04. The van der Waals surface area contributed by atoms with Crippen LogP contribution < -0.4 is 11.2 Å². The molecule has 10 nitrogen and oxygen atoms in total. The van der Waals surface area contributed by atoms with E-state index in [9.17, 15) is 22.6 Å². The van der Waals surface area contributed by atoms with Gasteiger partial charge in [-0.3, -0.25) is 18.9 Å². The van der Waals surface area contributed by atoms with Gasteiger partial charge in [0.05, 0.1) is 19.3 Å². The fourth-order valence-corrected chi connectivity index (χ4v) is 5.65. The smallest absolute Gasteiger partial charge is 0.371 e. The van der Waals surface area contributed by atoms with Crippen molar-refractivity contribution >= 4 is 10.4 Å². The van der Waals surface area contributed by atoms with Crippen LogP contribution >= 0.6 is 0 Å². The van der Waals surface area contributed by atoms with Gasteiger partial charge < -0.3 is 9.47 Å². The minimum atomic E-state index is -4.95. The first-order chi connectivity index (χ1) is 19.2. The maximum absolute atomic E-state index is 12.6. The van der Waals surface area contributed by atoms with Gasteiger partial charge >= 0.3 is 16.1 Å². The van der Waals surface area contributed by atoms with Crippen molar-refractivity contribution in [2.75, 3.05) is 13.2 Å². The predicted octanol–water partition coefficient (Wildman–Crippen LogP) is 2.98. The topological polar surface area (TPSA) is 137 Å². The van der Waals surface area contributed by atoms with Gasteiger partial charge in [-0.05, 0) is 23.6 Å². The Morgan fingerprint density at radius 1 is 0.925 bits per heavy atom. The first kappa shape index (κ1) is 27.7. The van der Waals surface area contributed by atoms with Gasteiger partial charge in [0.15, 0.2) is 0 Å². The molecule has 208 valence electrons. The third-order valence-corrected chi connectivity index (χ3v) is 7.43. The van der Waals surface area contributed by atoms with E-state index in [0.717, 1.165) is 21.3 Å². The molecule has 1 fully saturated rings. The lowest BCUT2D eigenvalue weighted by Crippen LogP contribution is -2.43. The van der Waals surface area contributed by atoms with E-state index < -0.39 is 45.5 Å². The predicted molar refractivity (Wildman–Crippen MR) is 146 cm³/mol. The highest BCUT2D eigenvalue weighted by atomic mass is 32.3. The average Bonchev–Trinajstić information content (AvgIpc) is 3.33. The van der Waals surface area contributed by atoms with E-state index in [2.05, 4.69) is 4.98 Å². The van der Waals surface area contributed by atoms with Crippen LogP contribution in [-0.4, -0.2) is 47.9 Å². The van der Waals surface area contributed by atoms with Crippen LogP contribution in [0.15, 0.2) is 107 Å². The van der Waals surface area contributed by atoms with Crippen molar-refractivity contribution in [2.45, 2.75) is 30.8 Å². The van der Waals surface area contributed by atoms with Crippen molar-refractivity contribution in [1.82, 2.24) is 9.55 Å². The Labute approximate surface area is 230 Å². The maximum Gasteiger partial charge on any atom is 0.397 e. The minimum Gasteiger partial charge on any atom is -0.371 e. The van der Waals surface area contributed by atoms with E-state index in [1.54, 1.807) is 0 Å². The zero-order valence-electron chi connectivity index (χ0n) is 21.5. The molecular formula is C29H28N2O8S. The Bertz CT molecular complexity index is 1580. The molecule has 0 spiro atoms. The Hall–Kier alpha value is -3.87. The van der Waals surface area contributed by atoms with Crippen molar-refractivity contribution in [3.63, 3.8) is 0 Å². The summed E-state index contributed by atoms with van der Waals surface area (Å²) in [6.45, 7) is 1.21. The molecule has 2 heterocycles. The van der Waals surface area contributed by atoms with Crippen molar-refractivity contribution in [1.29, 1.82) is 0 Å². The molecule has 11 heteroatoms. The molecule has 0 bridgehead atoms. The van der Waals surface area contributed by atoms with Crippen molar-refractivity contribution in [2.24, 2.45) is 0 Å². The summed E-state index contributed by atoms with van der Waals surface area (Å²) >= 11 is 0. The lowest BCUT2D eigenvalue weighted by Gasteiger charge is -2.37. The number of nitrogens with one attached hydrogen (secondary N) is 1. The zero-order chi connectivity index (χ0) is 28.3. The standard InChI is InChI=1S/C29H28N2O8S/c1-20-17-31(28(33)30-27(20)32)24-18-37-25(26(24)39-40(34,35)36)19-38-29(21-11-5-2-6-12-21,22-13-7-3-8-14-22)23-15-9-4-10-16-23/h2-17,24-26H,18-19H2,1H3,(H,30,32,33)(H,34,35,36)/t24-,25-,26+/m0/s1. The summed E-state index contributed by atoms with van der Waals surface area (Å²) in [6, 6.07) is 27.7. The van der Waals surface area contributed by atoms with Gasteiger partial charge in [-0.15, -0.1) is 0 Å². The third kappa shape index (κ3) is 5.55. The summed E-state index contributed by atoms with van der Waals surface area (Å²) in [5.74, 6) is 0.